The summed E-state index contributed by atoms with van der Waals surface area (Å²) < 4.78 is 18.9. The molecular formula is C20H21ClFN3O3. The first-order valence-electron chi connectivity index (χ1n) is 8.87. The van der Waals surface area contributed by atoms with Gasteiger partial charge in [-0.25, -0.2) is 4.39 Å². The zero-order chi connectivity index (χ0) is 20.1. The van der Waals surface area contributed by atoms with Crippen molar-refractivity contribution in [2.75, 3.05) is 45.2 Å². The molecular weight excluding hydrogens is 385 g/mol. The first-order chi connectivity index (χ1) is 13.5. The summed E-state index contributed by atoms with van der Waals surface area (Å²) >= 11 is 6.06. The SMILES string of the molecule is COc1ccc(NC(=O)CN2CCN(C(=O)c3ccccc3F)CC2)cc1Cl. The highest BCUT2D eigenvalue weighted by atomic mass is 35.5. The van der Waals surface area contributed by atoms with Crippen LogP contribution in [0, 0.1) is 5.82 Å². The number of nitrogens with one attached hydrogen (secondary N) is 1. The van der Waals surface area contributed by atoms with Crippen LogP contribution in [0.25, 0.3) is 0 Å². The van der Waals surface area contributed by atoms with Crippen molar-refractivity contribution in [3.8, 4) is 5.75 Å². The maximum Gasteiger partial charge on any atom is 0.256 e. The minimum absolute atomic E-state index is 0.0741. The predicted molar refractivity (Wildman–Crippen MR) is 105 cm³/mol. The summed E-state index contributed by atoms with van der Waals surface area (Å²) in [6.45, 7) is 2.16. The molecule has 1 heterocycles. The van der Waals surface area contributed by atoms with Crippen molar-refractivity contribution in [2.45, 2.75) is 0 Å². The quantitative estimate of drug-likeness (QED) is 0.830. The van der Waals surface area contributed by atoms with E-state index in [9.17, 15) is 14.0 Å². The Morgan fingerprint density at radius 1 is 1.14 bits per heavy atom. The molecule has 2 aromatic carbocycles. The third-order valence-electron chi connectivity index (χ3n) is 4.57. The molecule has 0 unspecified atom stereocenters. The van der Waals surface area contributed by atoms with E-state index in [1.54, 1.807) is 35.2 Å². The van der Waals surface area contributed by atoms with Crippen molar-refractivity contribution in [3.63, 3.8) is 0 Å². The number of carbonyl (C=O) groups excluding carboxylic acids is 2. The molecule has 0 atom stereocenters. The summed E-state index contributed by atoms with van der Waals surface area (Å²) in [7, 11) is 1.52. The van der Waals surface area contributed by atoms with Crippen LogP contribution in [0.5, 0.6) is 5.75 Å². The maximum atomic E-state index is 13.8. The Labute approximate surface area is 167 Å². The second-order valence-corrected chi connectivity index (χ2v) is 6.85. The number of carbonyl (C=O) groups is 2. The molecule has 28 heavy (non-hydrogen) atoms. The van der Waals surface area contributed by atoms with Gasteiger partial charge in [-0.2, -0.15) is 0 Å². The molecule has 2 amide bonds. The van der Waals surface area contributed by atoms with Crippen LogP contribution in [0.2, 0.25) is 5.02 Å². The van der Waals surface area contributed by atoms with E-state index in [-0.39, 0.29) is 23.9 Å². The summed E-state index contributed by atoms with van der Waals surface area (Å²) in [5.41, 5.74) is 0.661. The molecule has 3 rings (SSSR count). The predicted octanol–water partition coefficient (Wildman–Crippen LogP) is 2.88. The van der Waals surface area contributed by atoms with Crippen LogP contribution in [-0.4, -0.2) is 61.4 Å². The van der Waals surface area contributed by atoms with Gasteiger partial charge in [0.05, 0.1) is 24.2 Å². The van der Waals surface area contributed by atoms with Crippen LogP contribution in [-0.2, 0) is 4.79 Å². The third-order valence-corrected chi connectivity index (χ3v) is 4.86. The van der Waals surface area contributed by atoms with Crippen molar-refractivity contribution >= 4 is 29.1 Å². The van der Waals surface area contributed by atoms with Gasteiger partial charge in [-0.3, -0.25) is 14.5 Å². The van der Waals surface area contributed by atoms with Crippen molar-refractivity contribution in [3.05, 3.63) is 58.9 Å². The van der Waals surface area contributed by atoms with Gasteiger partial charge in [0.2, 0.25) is 5.91 Å². The Morgan fingerprint density at radius 2 is 1.86 bits per heavy atom. The zero-order valence-corrected chi connectivity index (χ0v) is 16.2. The highest BCUT2D eigenvalue weighted by Gasteiger charge is 2.24. The van der Waals surface area contributed by atoms with Gasteiger partial charge in [0.1, 0.15) is 11.6 Å². The minimum Gasteiger partial charge on any atom is -0.495 e. The normalized spacial score (nSPS) is 14.6. The average molecular weight is 406 g/mol. The van der Waals surface area contributed by atoms with Gasteiger partial charge < -0.3 is 15.0 Å². The number of hydrogen-bond donors (Lipinski definition) is 1. The molecule has 1 fully saturated rings. The zero-order valence-electron chi connectivity index (χ0n) is 15.5. The molecule has 148 valence electrons. The first kappa shape index (κ1) is 20.1. The highest BCUT2D eigenvalue weighted by Crippen LogP contribution is 2.27. The number of benzene rings is 2. The lowest BCUT2D eigenvalue weighted by atomic mass is 10.1. The summed E-state index contributed by atoms with van der Waals surface area (Å²) in [6.07, 6.45) is 0. The van der Waals surface area contributed by atoms with Gasteiger partial charge in [0.15, 0.2) is 0 Å². The average Bonchev–Trinajstić information content (AvgIpc) is 2.68. The topological polar surface area (TPSA) is 61.9 Å². The Bertz CT molecular complexity index is 870. The summed E-state index contributed by atoms with van der Waals surface area (Å²) in [5.74, 6) is -0.479. The van der Waals surface area contributed by atoms with Crippen molar-refractivity contribution < 1.29 is 18.7 Å². The van der Waals surface area contributed by atoms with Crippen LogP contribution < -0.4 is 10.1 Å². The fourth-order valence-corrected chi connectivity index (χ4v) is 3.32. The van der Waals surface area contributed by atoms with E-state index in [0.717, 1.165) is 0 Å². The number of ether oxygens (including phenoxy) is 1. The second-order valence-electron chi connectivity index (χ2n) is 6.45. The smallest absolute Gasteiger partial charge is 0.256 e. The maximum absolute atomic E-state index is 13.8. The summed E-state index contributed by atoms with van der Waals surface area (Å²) in [6, 6.07) is 11.0. The van der Waals surface area contributed by atoms with Crippen molar-refractivity contribution in [1.82, 2.24) is 9.80 Å². The molecule has 1 aliphatic heterocycles. The molecule has 0 aromatic heterocycles. The van der Waals surface area contributed by atoms with Gasteiger partial charge in [-0.15, -0.1) is 0 Å². The van der Waals surface area contributed by atoms with Crippen LogP contribution in [0.15, 0.2) is 42.5 Å². The lowest BCUT2D eigenvalue weighted by molar-refractivity contribution is -0.117. The van der Waals surface area contributed by atoms with Crippen molar-refractivity contribution in [1.29, 1.82) is 0 Å². The lowest BCUT2D eigenvalue weighted by Crippen LogP contribution is -2.50. The summed E-state index contributed by atoms with van der Waals surface area (Å²) in [5, 5.41) is 3.22. The number of hydrogen-bond acceptors (Lipinski definition) is 4. The number of anilines is 1. The van der Waals surface area contributed by atoms with Crippen LogP contribution in [0.4, 0.5) is 10.1 Å². The van der Waals surface area contributed by atoms with Crippen LogP contribution in [0.3, 0.4) is 0 Å². The number of halogens is 2. The van der Waals surface area contributed by atoms with E-state index < -0.39 is 5.82 Å². The van der Waals surface area contributed by atoms with Crippen molar-refractivity contribution in [2.24, 2.45) is 0 Å². The molecule has 1 aliphatic rings. The lowest BCUT2D eigenvalue weighted by Gasteiger charge is -2.34. The first-order valence-corrected chi connectivity index (χ1v) is 9.25. The standard InChI is InChI=1S/C20H21ClFN3O3/c1-28-18-7-6-14(12-16(18)21)23-19(26)13-24-8-10-25(11-9-24)20(27)15-4-2-3-5-17(15)22/h2-7,12H,8-11,13H2,1H3,(H,23,26). The number of amides is 2. The number of piperazine rings is 1. The van der Waals surface area contributed by atoms with E-state index in [4.69, 9.17) is 16.3 Å². The minimum atomic E-state index is -0.521. The van der Waals surface area contributed by atoms with Gasteiger partial charge in [0.25, 0.3) is 5.91 Å². The van der Waals surface area contributed by atoms with E-state index in [2.05, 4.69) is 5.32 Å². The Kier molecular flexibility index (Phi) is 6.49. The van der Waals surface area contributed by atoms with Gasteiger partial charge in [-0.05, 0) is 30.3 Å². The van der Waals surface area contributed by atoms with Gasteiger partial charge >= 0.3 is 0 Å². The molecule has 0 bridgehead atoms. The van der Waals surface area contributed by atoms with E-state index in [1.165, 1.54) is 19.2 Å². The van der Waals surface area contributed by atoms with E-state index in [0.29, 0.717) is 42.6 Å². The molecule has 1 N–H and O–H groups in total. The van der Waals surface area contributed by atoms with Gasteiger partial charge in [-0.1, -0.05) is 23.7 Å². The Balaban J connectivity index is 1.50. The molecule has 6 nitrogen and oxygen atoms in total. The van der Waals surface area contributed by atoms with Crippen LogP contribution >= 0.6 is 11.6 Å². The number of nitrogens with zero attached hydrogens (tertiary/aromatic N) is 2. The van der Waals surface area contributed by atoms with E-state index in [1.807, 2.05) is 4.90 Å². The highest BCUT2D eigenvalue weighted by molar-refractivity contribution is 6.32. The van der Waals surface area contributed by atoms with E-state index >= 15 is 0 Å². The number of methoxy groups -OCH3 is 1. The molecule has 0 spiro atoms. The summed E-state index contributed by atoms with van der Waals surface area (Å²) in [4.78, 5) is 28.3. The monoisotopic (exact) mass is 405 g/mol. The molecule has 0 aliphatic carbocycles. The molecule has 0 saturated carbocycles. The Morgan fingerprint density at radius 3 is 2.50 bits per heavy atom. The van der Waals surface area contributed by atoms with Crippen LogP contribution in [0.1, 0.15) is 10.4 Å². The van der Waals surface area contributed by atoms with Gasteiger partial charge in [0, 0.05) is 31.9 Å². The largest absolute Gasteiger partial charge is 0.495 e. The molecule has 1 saturated heterocycles. The molecule has 8 heteroatoms. The molecule has 0 radical (unpaired) electrons. The fourth-order valence-electron chi connectivity index (χ4n) is 3.06. The Hall–Kier alpha value is -2.64. The third kappa shape index (κ3) is 4.79. The second kappa shape index (κ2) is 9.03. The fraction of sp³-hybridized carbons (Fsp3) is 0.300. The molecule has 2 aromatic rings. The number of rotatable bonds is 5.